The zero-order valence-corrected chi connectivity index (χ0v) is 11.3. The summed E-state index contributed by atoms with van der Waals surface area (Å²) in [5.41, 5.74) is 2.47. The number of rotatable bonds is 4. The number of hydrogen-bond acceptors (Lipinski definition) is 7. The summed E-state index contributed by atoms with van der Waals surface area (Å²) in [6.07, 6.45) is 8.59. The summed E-state index contributed by atoms with van der Waals surface area (Å²) in [6.45, 7) is 2.26. The van der Waals surface area contributed by atoms with Crippen LogP contribution in [0.1, 0.15) is 26.2 Å². The van der Waals surface area contributed by atoms with Gasteiger partial charge in [-0.05, 0) is 25.2 Å². The summed E-state index contributed by atoms with van der Waals surface area (Å²) in [4.78, 5) is 16.8. The fraction of sp³-hybridized carbons (Fsp3) is 0.500. The van der Waals surface area contributed by atoms with Gasteiger partial charge >= 0.3 is 0 Å². The SMILES string of the molecule is CC1CCC(Nc2nc(NN)nc(-n3ccnc3)n2)C1. The molecule has 2 atom stereocenters. The minimum Gasteiger partial charge on any atom is -0.351 e. The van der Waals surface area contributed by atoms with E-state index >= 15 is 0 Å². The number of hydrazine groups is 1. The van der Waals surface area contributed by atoms with Crippen molar-refractivity contribution in [2.75, 3.05) is 10.7 Å². The van der Waals surface area contributed by atoms with Gasteiger partial charge in [-0.3, -0.25) is 9.99 Å². The Hall–Kier alpha value is -2.22. The molecule has 2 aromatic rings. The van der Waals surface area contributed by atoms with Crippen molar-refractivity contribution in [2.45, 2.75) is 32.2 Å². The van der Waals surface area contributed by atoms with Crippen LogP contribution < -0.4 is 16.6 Å². The van der Waals surface area contributed by atoms with Gasteiger partial charge in [-0.15, -0.1) is 0 Å². The van der Waals surface area contributed by atoms with Gasteiger partial charge < -0.3 is 5.32 Å². The second kappa shape index (κ2) is 5.41. The van der Waals surface area contributed by atoms with Crippen LogP contribution in [0, 0.1) is 5.92 Å². The fourth-order valence-electron chi connectivity index (χ4n) is 2.51. The van der Waals surface area contributed by atoms with E-state index in [-0.39, 0.29) is 0 Å². The van der Waals surface area contributed by atoms with E-state index in [1.807, 2.05) is 0 Å². The first kappa shape index (κ1) is 12.8. The van der Waals surface area contributed by atoms with Crippen LogP contribution in [-0.4, -0.2) is 30.5 Å². The minimum absolute atomic E-state index is 0.331. The van der Waals surface area contributed by atoms with Gasteiger partial charge in [0.1, 0.15) is 6.33 Å². The number of nitrogen functional groups attached to an aromatic ring is 1. The van der Waals surface area contributed by atoms with Gasteiger partial charge in [0.05, 0.1) is 0 Å². The number of nitrogens with one attached hydrogen (secondary N) is 2. The van der Waals surface area contributed by atoms with Crippen LogP contribution in [-0.2, 0) is 0 Å². The van der Waals surface area contributed by atoms with E-state index in [0.29, 0.717) is 23.9 Å². The third-order valence-electron chi connectivity index (χ3n) is 3.52. The molecule has 0 radical (unpaired) electrons. The third kappa shape index (κ3) is 2.69. The van der Waals surface area contributed by atoms with Crippen LogP contribution in [0.2, 0.25) is 0 Å². The summed E-state index contributed by atoms with van der Waals surface area (Å²) >= 11 is 0. The summed E-state index contributed by atoms with van der Waals surface area (Å²) in [5, 5.41) is 3.36. The fourth-order valence-corrected chi connectivity index (χ4v) is 2.51. The maximum absolute atomic E-state index is 5.42. The Bertz CT molecular complexity index is 567. The van der Waals surface area contributed by atoms with Crippen LogP contribution in [0.5, 0.6) is 0 Å². The number of nitrogens with two attached hydrogens (primary N) is 1. The number of anilines is 2. The van der Waals surface area contributed by atoms with Gasteiger partial charge in [0.25, 0.3) is 0 Å². The molecule has 1 aliphatic carbocycles. The summed E-state index contributed by atoms with van der Waals surface area (Å²) < 4.78 is 1.71. The molecular formula is C12H18N8. The molecule has 2 unspecified atom stereocenters. The molecule has 0 aliphatic heterocycles. The van der Waals surface area contributed by atoms with Crippen LogP contribution in [0.3, 0.4) is 0 Å². The summed E-state index contributed by atoms with van der Waals surface area (Å²) in [7, 11) is 0. The molecule has 1 aliphatic rings. The van der Waals surface area contributed by atoms with Crippen LogP contribution in [0.25, 0.3) is 5.95 Å². The first-order chi connectivity index (χ1) is 9.74. The summed E-state index contributed by atoms with van der Waals surface area (Å²) in [5.74, 6) is 7.51. The lowest BCUT2D eigenvalue weighted by Gasteiger charge is -2.13. The topological polar surface area (TPSA) is 107 Å². The second-order valence-corrected chi connectivity index (χ2v) is 5.16. The first-order valence-corrected chi connectivity index (χ1v) is 6.72. The number of hydrogen-bond donors (Lipinski definition) is 3. The van der Waals surface area contributed by atoms with E-state index in [9.17, 15) is 0 Å². The molecule has 0 bridgehead atoms. The normalized spacial score (nSPS) is 21.9. The zero-order chi connectivity index (χ0) is 13.9. The standard InChI is InChI=1S/C12H18N8/c1-8-2-3-9(6-8)15-10-16-11(19-13)18-12(17-10)20-5-4-14-7-20/h4-5,7-9H,2-3,6,13H2,1H3,(H2,15,16,17,18,19). The Morgan fingerprint density at radius 1 is 1.25 bits per heavy atom. The van der Waals surface area contributed by atoms with Gasteiger partial charge in [0.15, 0.2) is 0 Å². The Balaban J connectivity index is 1.85. The number of aromatic nitrogens is 5. The van der Waals surface area contributed by atoms with E-state index in [1.165, 1.54) is 6.42 Å². The molecule has 8 heteroatoms. The Kier molecular flexibility index (Phi) is 3.46. The monoisotopic (exact) mass is 274 g/mol. The molecule has 3 rings (SSSR count). The smallest absolute Gasteiger partial charge is 0.243 e. The maximum Gasteiger partial charge on any atom is 0.243 e. The van der Waals surface area contributed by atoms with E-state index < -0.39 is 0 Å². The van der Waals surface area contributed by atoms with Crippen molar-refractivity contribution in [3.05, 3.63) is 18.7 Å². The van der Waals surface area contributed by atoms with Crippen molar-refractivity contribution in [3.8, 4) is 5.95 Å². The molecule has 2 aromatic heterocycles. The molecule has 2 heterocycles. The molecule has 0 spiro atoms. The predicted octanol–water partition coefficient (Wildman–Crippen LogP) is 0.943. The van der Waals surface area contributed by atoms with Gasteiger partial charge in [-0.1, -0.05) is 6.92 Å². The molecule has 0 amide bonds. The lowest BCUT2D eigenvalue weighted by Crippen LogP contribution is -2.20. The minimum atomic E-state index is 0.331. The van der Waals surface area contributed by atoms with E-state index in [1.54, 1.807) is 23.3 Å². The van der Waals surface area contributed by atoms with E-state index in [4.69, 9.17) is 5.84 Å². The molecule has 1 fully saturated rings. The maximum atomic E-state index is 5.42. The first-order valence-electron chi connectivity index (χ1n) is 6.72. The number of imidazole rings is 1. The predicted molar refractivity (Wildman–Crippen MR) is 75.2 cm³/mol. The largest absolute Gasteiger partial charge is 0.351 e. The van der Waals surface area contributed by atoms with Gasteiger partial charge in [-0.25, -0.2) is 10.8 Å². The Morgan fingerprint density at radius 2 is 2.10 bits per heavy atom. The van der Waals surface area contributed by atoms with Crippen molar-refractivity contribution in [1.82, 2.24) is 24.5 Å². The molecular weight excluding hydrogens is 256 g/mol. The molecule has 1 saturated carbocycles. The highest BCUT2D eigenvalue weighted by Crippen LogP contribution is 2.26. The molecule has 20 heavy (non-hydrogen) atoms. The molecule has 0 saturated heterocycles. The molecule has 0 aromatic carbocycles. The average molecular weight is 274 g/mol. The van der Waals surface area contributed by atoms with Crippen molar-refractivity contribution in [3.63, 3.8) is 0 Å². The Morgan fingerprint density at radius 3 is 2.75 bits per heavy atom. The van der Waals surface area contributed by atoms with E-state index in [2.05, 4.69) is 37.6 Å². The number of nitrogens with zero attached hydrogens (tertiary/aromatic N) is 5. The van der Waals surface area contributed by atoms with Gasteiger partial charge in [0.2, 0.25) is 17.8 Å². The highest BCUT2D eigenvalue weighted by atomic mass is 15.4. The van der Waals surface area contributed by atoms with Gasteiger partial charge in [-0.2, -0.15) is 15.0 Å². The van der Waals surface area contributed by atoms with Crippen LogP contribution >= 0.6 is 0 Å². The summed E-state index contributed by atoms with van der Waals surface area (Å²) in [6, 6.07) is 0.411. The zero-order valence-electron chi connectivity index (χ0n) is 11.3. The lowest BCUT2D eigenvalue weighted by molar-refractivity contribution is 0.601. The average Bonchev–Trinajstić information content (AvgIpc) is 3.10. The van der Waals surface area contributed by atoms with Crippen molar-refractivity contribution in [2.24, 2.45) is 11.8 Å². The van der Waals surface area contributed by atoms with Crippen LogP contribution in [0.4, 0.5) is 11.9 Å². The molecule has 106 valence electrons. The highest BCUT2D eigenvalue weighted by Gasteiger charge is 2.22. The highest BCUT2D eigenvalue weighted by molar-refractivity contribution is 5.38. The van der Waals surface area contributed by atoms with E-state index in [0.717, 1.165) is 18.8 Å². The third-order valence-corrected chi connectivity index (χ3v) is 3.52. The molecule has 4 N–H and O–H groups in total. The quantitative estimate of drug-likeness (QED) is 0.562. The van der Waals surface area contributed by atoms with Crippen molar-refractivity contribution >= 4 is 11.9 Å². The van der Waals surface area contributed by atoms with Gasteiger partial charge in [0, 0.05) is 18.4 Å². The van der Waals surface area contributed by atoms with Crippen molar-refractivity contribution < 1.29 is 0 Å². The van der Waals surface area contributed by atoms with Crippen LogP contribution in [0.15, 0.2) is 18.7 Å². The Labute approximate surface area is 116 Å². The lowest BCUT2D eigenvalue weighted by atomic mass is 10.1. The molecule has 8 nitrogen and oxygen atoms in total. The van der Waals surface area contributed by atoms with Crippen molar-refractivity contribution in [1.29, 1.82) is 0 Å². The second-order valence-electron chi connectivity index (χ2n) is 5.16.